The summed E-state index contributed by atoms with van der Waals surface area (Å²) < 4.78 is 0. The molecule has 2 saturated heterocycles. The van der Waals surface area contributed by atoms with Crippen LogP contribution in [-0.2, 0) is 4.79 Å². The number of nitrogens with one attached hydrogen (secondary N) is 1. The zero-order valence-electron chi connectivity index (χ0n) is 11.5. The number of hydrogen-bond donors (Lipinski definition) is 1. The van der Waals surface area contributed by atoms with E-state index >= 15 is 0 Å². The van der Waals surface area contributed by atoms with Gasteiger partial charge in [0.05, 0.1) is 5.92 Å². The molecule has 4 rings (SSSR count). The Bertz CT molecular complexity index is 533. The summed E-state index contributed by atoms with van der Waals surface area (Å²) in [6.45, 7) is 1.83. The maximum Gasteiger partial charge on any atom is 0.231 e. The van der Waals surface area contributed by atoms with Crippen molar-refractivity contribution in [3.8, 4) is 0 Å². The summed E-state index contributed by atoms with van der Waals surface area (Å²) in [5, 5.41) is 3.65. The van der Waals surface area contributed by atoms with Crippen molar-refractivity contribution in [1.29, 1.82) is 0 Å². The first-order valence-electron chi connectivity index (χ1n) is 7.58. The number of thioether (sulfide) groups is 1. The Morgan fingerprint density at radius 2 is 2.05 bits per heavy atom. The smallest absolute Gasteiger partial charge is 0.231 e. The van der Waals surface area contributed by atoms with E-state index in [1.165, 1.54) is 23.3 Å². The molecule has 20 heavy (non-hydrogen) atoms. The van der Waals surface area contributed by atoms with Crippen LogP contribution in [0.25, 0.3) is 0 Å². The molecule has 3 atom stereocenters. The van der Waals surface area contributed by atoms with E-state index in [4.69, 9.17) is 0 Å². The highest BCUT2D eigenvalue weighted by atomic mass is 32.2. The van der Waals surface area contributed by atoms with E-state index in [0.29, 0.717) is 18.0 Å². The molecule has 0 spiro atoms. The lowest BCUT2D eigenvalue weighted by Gasteiger charge is -2.27. The SMILES string of the molecule is O=C(C1CSc2ccccc21)N1CCC2CCC(C1)N2. The third-order valence-electron chi connectivity index (χ3n) is 4.83. The first-order chi connectivity index (χ1) is 9.81. The Labute approximate surface area is 124 Å². The normalized spacial score (nSPS) is 32.0. The fourth-order valence-corrected chi connectivity index (χ4v) is 4.95. The van der Waals surface area contributed by atoms with Crippen LogP contribution in [0.5, 0.6) is 0 Å². The second-order valence-electron chi connectivity index (χ2n) is 6.11. The second kappa shape index (κ2) is 5.08. The van der Waals surface area contributed by atoms with E-state index < -0.39 is 0 Å². The molecule has 0 radical (unpaired) electrons. The lowest BCUT2D eigenvalue weighted by molar-refractivity contribution is -0.132. The topological polar surface area (TPSA) is 32.3 Å². The number of nitrogens with zero attached hydrogens (tertiary/aromatic N) is 1. The molecule has 1 aromatic carbocycles. The highest BCUT2D eigenvalue weighted by Gasteiger charge is 2.36. The Morgan fingerprint density at radius 3 is 3.00 bits per heavy atom. The third-order valence-corrected chi connectivity index (χ3v) is 6.02. The van der Waals surface area contributed by atoms with Gasteiger partial charge in [0, 0.05) is 35.8 Å². The number of carbonyl (C=O) groups excluding carboxylic acids is 1. The Kier molecular flexibility index (Phi) is 3.23. The molecule has 3 unspecified atom stereocenters. The van der Waals surface area contributed by atoms with E-state index in [1.807, 2.05) is 11.8 Å². The Morgan fingerprint density at radius 1 is 1.20 bits per heavy atom. The zero-order chi connectivity index (χ0) is 13.5. The highest BCUT2D eigenvalue weighted by Crippen LogP contribution is 2.40. The molecule has 3 nitrogen and oxygen atoms in total. The van der Waals surface area contributed by atoms with E-state index in [2.05, 4.69) is 34.5 Å². The molecule has 2 fully saturated rings. The molecule has 1 aromatic rings. The van der Waals surface area contributed by atoms with Gasteiger partial charge in [-0.05, 0) is 30.9 Å². The van der Waals surface area contributed by atoms with Gasteiger partial charge < -0.3 is 10.2 Å². The monoisotopic (exact) mass is 288 g/mol. The third kappa shape index (κ3) is 2.15. The number of rotatable bonds is 1. The molecular formula is C16H20N2OS. The standard InChI is InChI=1S/C16H20N2OS/c19-16(14-10-20-15-4-2-1-3-13(14)15)18-8-7-11-5-6-12(9-18)17-11/h1-4,11-12,14,17H,5-10H2. The van der Waals surface area contributed by atoms with Crippen molar-refractivity contribution in [3.05, 3.63) is 29.8 Å². The highest BCUT2D eigenvalue weighted by molar-refractivity contribution is 7.99. The van der Waals surface area contributed by atoms with Crippen LogP contribution >= 0.6 is 11.8 Å². The summed E-state index contributed by atoms with van der Waals surface area (Å²) in [5.41, 5.74) is 1.24. The van der Waals surface area contributed by atoms with Crippen molar-refractivity contribution >= 4 is 17.7 Å². The molecular weight excluding hydrogens is 268 g/mol. The largest absolute Gasteiger partial charge is 0.341 e. The number of hydrogen-bond acceptors (Lipinski definition) is 3. The maximum atomic E-state index is 12.9. The zero-order valence-corrected chi connectivity index (χ0v) is 12.4. The number of amides is 1. The van der Waals surface area contributed by atoms with Gasteiger partial charge in [0.2, 0.25) is 5.91 Å². The minimum absolute atomic E-state index is 0.0767. The molecule has 106 valence electrons. The average molecular weight is 288 g/mol. The summed E-state index contributed by atoms with van der Waals surface area (Å²) in [6, 6.07) is 9.54. The van der Waals surface area contributed by atoms with Crippen LogP contribution in [0.4, 0.5) is 0 Å². The summed E-state index contributed by atoms with van der Waals surface area (Å²) in [5.74, 6) is 1.33. The predicted octanol–water partition coefficient (Wildman–Crippen LogP) is 2.23. The van der Waals surface area contributed by atoms with Gasteiger partial charge in [0.1, 0.15) is 0 Å². The summed E-state index contributed by atoms with van der Waals surface area (Å²) >= 11 is 1.83. The van der Waals surface area contributed by atoms with Gasteiger partial charge in [-0.2, -0.15) is 0 Å². The fraction of sp³-hybridized carbons (Fsp3) is 0.562. The van der Waals surface area contributed by atoms with Gasteiger partial charge in [0.15, 0.2) is 0 Å². The van der Waals surface area contributed by atoms with Gasteiger partial charge in [-0.25, -0.2) is 0 Å². The molecule has 3 aliphatic rings. The van der Waals surface area contributed by atoms with Crippen molar-refractivity contribution in [3.63, 3.8) is 0 Å². The molecule has 1 N–H and O–H groups in total. The van der Waals surface area contributed by atoms with Gasteiger partial charge >= 0.3 is 0 Å². The summed E-state index contributed by atoms with van der Waals surface area (Å²) in [6.07, 6.45) is 3.63. The first-order valence-corrected chi connectivity index (χ1v) is 8.56. The molecule has 4 heteroatoms. The van der Waals surface area contributed by atoms with Crippen LogP contribution in [-0.4, -0.2) is 41.7 Å². The Hall–Kier alpha value is -1.00. The number of carbonyl (C=O) groups is 1. The quantitative estimate of drug-likeness (QED) is 0.860. The van der Waals surface area contributed by atoms with Crippen molar-refractivity contribution in [2.75, 3.05) is 18.8 Å². The molecule has 3 aliphatic heterocycles. The first kappa shape index (κ1) is 12.7. The minimum Gasteiger partial charge on any atom is -0.341 e. The van der Waals surface area contributed by atoms with Crippen molar-refractivity contribution in [2.24, 2.45) is 0 Å². The van der Waals surface area contributed by atoms with Gasteiger partial charge in [-0.3, -0.25) is 4.79 Å². The van der Waals surface area contributed by atoms with Gasteiger partial charge in [-0.15, -0.1) is 11.8 Å². The van der Waals surface area contributed by atoms with Crippen molar-refractivity contribution < 1.29 is 4.79 Å². The van der Waals surface area contributed by atoms with Gasteiger partial charge in [0.25, 0.3) is 0 Å². The maximum absolute atomic E-state index is 12.9. The summed E-state index contributed by atoms with van der Waals surface area (Å²) in [7, 11) is 0. The molecule has 3 heterocycles. The minimum atomic E-state index is 0.0767. The van der Waals surface area contributed by atoms with Crippen LogP contribution in [0.15, 0.2) is 29.2 Å². The van der Waals surface area contributed by atoms with Crippen LogP contribution in [0.1, 0.15) is 30.7 Å². The lowest BCUT2D eigenvalue weighted by Crippen LogP contribution is -2.41. The van der Waals surface area contributed by atoms with Crippen LogP contribution in [0.3, 0.4) is 0 Å². The number of fused-ring (bicyclic) bond motifs is 3. The number of benzene rings is 1. The fourth-order valence-electron chi connectivity index (χ4n) is 3.73. The molecule has 0 aliphatic carbocycles. The van der Waals surface area contributed by atoms with Crippen LogP contribution in [0, 0.1) is 0 Å². The summed E-state index contributed by atoms with van der Waals surface area (Å²) in [4.78, 5) is 16.3. The number of likely N-dealkylation sites (tertiary alicyclic amines) is 1. The van der Waals surface area contributed by atoms with Crippen LogP contribution in [0.2, 0.25) is 0 Å². The second-order valence-corrected chi connectivity index (χ2v) is 7.17. The van der Waals surface area contributed by atoms with Crippen LogP contribution < -0.4 is 5.32 Å². The van der Waals surface area contributed by atoms with Crippen molar-refractivity contribution in [2.45, 2.75) is 42.2 Å². The van der Waals surface area contributed by atoms with E-state index in [-0.39, 0.29) is 5.92 Å². The van der Waals surface area contributed by atoms with E-state index in [0.717, 1.165) is 25.3 Å². The molecule has 2 bridgehead atoms. The van der Waals surface area contributed by atoms with E-state index in [1.54, 1.807) is 0 Å². The lowest BCUT2D eigenvalue weighted by atomic mass is 9.99. The van der Waals surface area contributed by atoms with E-state index in [9.17, 15) is 4.79 Å². The average Bonchev–Trinajstić information content (AvgIpc) is 3.01. The molecule has 0 saturated carbocycles. The predicted molar refractivity (Wildman–Crippen MR) is 81.0 cm³/mol. The van der Waals surface area contributed by atoms with Gasteiger partial charge in [-0.1, -0.05) is 18.2 Å². The van der Waals surface area contributed by atoms with Crippen molar-refractivity contribution in [1.82, 2.24) is 10.2 Å². The molecule has 1 amide bonds. The molecule has 0 aromatic heterocycles. The Balaban J connectivity index is 1.53.